The summed E-state index contributed by atoms with van der Waals surface area (Å²) in [6.07, 6.45) is -2.51. The molecule has 0 radical (unpaired) electrons. The van der Waals surface area contributed by atoms with E-state index in [9.17, 15) is 24.3 Å². The normalized spacial score (nSPS) is 14.6. The molecule has 0 aliphatic rings. The molecule has 0 saturated heterocycles. The summed E-state index contributed by atoms with van der Waals surface area (Å²) in [5, 5.41) is 9.73. The maximum absolute atomic E-state index is 11.9. The second-order valence-corrected chi connectivity index (χ2v) is 8.06. The minimum absolute atomic E-state index is 0.00751. The van der Waals surface area contributed by atoms with Crippen LogP contribution in [0.4, 0.5) is 4.79 Å². The highest BCUT2D eigenvalue weighted by Crippen LogP contribution is 2.31. The molecule has 0 fully saturated rings. The number of aliphatic carboxylic acids is 1. The monoisotopic (exact) mass is 453 g/mol. The molecule has 2 unspecified atom stereocenters. The van der Waals surface area contributed by atoms with Gasteiger partial charge < -0.3 is 29.8 Å². The Labute approximate surface area is 187 Å². The molecule has 3 N–H and O–H groups in total. The van der Waals surface area contributed by atoms with Crippen molar-refractivity contribution in [1.82, 2.24) is 0 Å². The van der Waals surface area contributed by atoms with Gasteiger partial charge in [0.15, 0.2) is 11.5 Å². The Kier molecular flexibility index (Phi) is 9.64. The fourth-order valence-corrected chi connectivity index (χ4v) is 2.77. The summed E-state index contributed by atoms with van der Waals surface area (Å²) < 4.78 is 20.4. The highest BCUT2D eigenvalue weighted by atomic mass is 16.7. The molecule has 10 nitrogen and oxygen atoms in total. The first kappa shape index (κ1) is 26.9. The Morgan fingerprint density at radius 1 is 0.969 bits per heavy atom. The van der Waals surface area contributed by atoms with Crippen LogP contribution in [0.3, 0.4) is 0 Å². The topological polar surface area (TPSA) is 151 Å². The highest BCUT2D eigenvalue weighted by Gasteiger charge is 2.37. The van der Waals surface area contributed by atoms with Gasteiger partial charge in [-0.25, -0.2) is 4.79 Å². The Morgan fingerprint density at radius 3 is 2.03 bits per heavy atom. The molecule has 1 rings (SSSR count). The predicted molar refractivity (Wildman–Crippen MR) is 113 cm³/mol. The number of rotatable bonds is 10. The van der Waals surface area contributed by atoms with Gasteiger partial charge in [0, 0.05) is 26.7 Å². The van der Waals surface area contributed by atoms with Crippen LogP contribution in [0.15, 0.2) is 18.2 Å². The first-order valence-corrected chi connectivity index (χ1v) is 10.1. The van der Waals surface area contributed by atoms with Crippen molar-refractivity contribution in [3.8, 4) is 11.5 Å². The fraction of sp³-hybridized carbons (Fsp3) is 0.545. The second kappa shape index (κ2) is 11.5. The SMILES string of the molecule is CC(=O)Oc1ccc(CC(N)(C[C@H](C)OC(=O)OC(C)C(C)C)C(=O)O)cc1OC(C)=O. The van der Waals surface area contributed by atoms with Gasteiger partial charge in [-0.3, -0.25) is 14.4 Å². The Bertz CT molecular complexity index is 852. The summed E-state index contributed by atoms with van der Waals surface area (Å²) >= 11 is 0. The lowest BCUT2D eigenvalue weighted by Crippen LogP contribution is -2.52. The number of ether oxygens (including phenoxy) is 4. The number of carbonyl (C=O) groups excluding carboxylic acids is 3. The number of hydrogen-bond acceptors (Lipinski definition) is 9. The standard InChI is InChI=1S/C22H31NO9/c1-12(2)14(4)30-21(28)29-13(3)10-22(23,20(26)27)11-17-7-8-18(31-15(5)24)19(9-17)32-16(6)25/h7-9,12-14H,10-11,23H2,1-6H3,(H,26,27)/t13-,14?,22?/m0/s1. The quantitative estimate of drug-likeness (QED) is 0.399. The van der Waals surface area contributed by atoms with Crippen LogP contribution in [-0.2, 0) is 30.3 Å². The highest BCUT2D eigenvalue weighted by molar-refractivity contribution is 5.79. The van der Waals surface area contributed by atoms with Gasteiger partial charge in [0.25, 0.3) is 0 Å². The molecule has 0 aliphatic heterocycles. The van der Waals surface area contributed by atoms with Crippen LogP contribution in [0.25, 0.3) is 0 Å². The summed E-state index contributed by atoms with van der Waals surface area (Å²) in [5.74, 6) is -2.53. The smallest absolute Gasteiger partial charge is 0.480 e. The maximum Gasteiger partial charge on any atom is 0.508 e. The number of carboxylic acids is 1. The van der Waals surface area contributed by atoms with Gasteiger partial charge >= 0.3 is 24.1 Å². The number of esters is 2. The molecule has 1 aromatic rings. The van der Waals surface area contributed by atoms with Gasteiger partial charge in [-0.2, -0.15) is 0 Å². The summed E-state index contributed by atoms with van der Waals surface area (Å²) in [4.78, 5) is 46.5. The molecule has 0 spiro atoms. The molecule has 0 heterocycles. The van der Waals surface area contributed by atoms with Gasteiger partial charge in [0.05, 0.1) is 0 Å². The molecule has 0 saturated carbocycles. The Morgan fingerprint density at radius 2 is 1.53 bits per heavy atom. The van der Waals surface area contributed by atoms with Gasteiger partial charge in [-0.1, -0.05) is 19.9 Å². The first-order valence-electron chi connectivity index (χ1n) is 10.1. The molecule has 32 heavy (non-hydrogen) atoms. The number of carbonyl (C=O) groups is 4. The van der Waals surface area contributed by atoms with E-state index < -0.39 is 35.7 Å². The minimum Gasteiger partial charge on any atom is -0.480 e. The van der Waals surface area contributed by atoms with E-state index in [2.05, 4.69) is 0 Å². The molecule has 1 aromatic carbocycles. The number of hydrogen-bond donors (Lipinski definition) is 2. The van der Waals surface area contributed by atoms with Gasteiger partial charge in [-0.15, -0.1) is 0 Å². The van der Waals surface area contributed by atoms with Crippen LogP contribution in [0.5, 0.6) is 11.5 Å². The van der Waals surface area contributed by atoms with Crippen molar-refractivity contribution < 1.29 is 43.2 Å². The van der Waals surface area contributed by atoms with Crippen LogP contribution in [0.2, 0.25) is 0 Å². The summed E-state index contributed by atoms with van der Waals surface area (Å²) in [6.45, 7) is 9.37. The van der Waals surface area contributed by atoms with Crippen molar-refractivity contribution in [2.24, 2.45) is 11.7 Å². The molecule has 0 amide bonds. The molecular formula is C22H31NO9. The Balaban J connectivity index is 3.01. The van der Waals surface area contributed by atoms with Crippen LogP contribution in [0, 0.1) is 5.92 Å². The molecule has 3 atom stereocenters. The van der Waals surface area contributed by atoms with Crippen LogP contribution < -0.4 is 15.2 Å². The number of nitrogens with two attached hydrogens (primary N) is 1. The largest absolute Gasteiger partial charge is 0.508 e. The third-order valence-corrected chi connectivity index (χ3v) is 4.63. The van der Waals surface area contributed by atoms with Gasteiger partial charge in [-0.05, 0) is 37.5 Å². The van der Waals surface area contributed by atoms with Crippen molar-refractivity contribution in [2.45, 2.75) is 72.1 Å². The minimum atomic E-state index is -1.81. The summed E-state index contributed by atoms with van der Waals surface area (Å²) in [7, 11) is 0. The molecular weight excluding hydrogens is 422 g/mol. The lowest BCUT2D eigenvalue weighted by Gasteiger charge is -2.28. The van der Waals surface area contributed by atoms with E-state index in [4.69, 9.17) is 24.7 Å². The number of benzene rings is 1. The predicted octanol–water partition coefficient (Wildman–Crippen LogP) is 2.84. The van der Waals surface area contributed by atoms with Gasteiger partial charge in [0.1, 0.15) is 17.7 Å². The average molecular weight is 453 g/mol. The molecule has 0 bridgehead atoms. The lowest BCUT2D eigenvalue weighted by atomic mass is 9.86. The average Bonchev–Trinajstić information content (AvgIpc) is 2.62. The zero-order valence-electron chi connectivity index (χ0n) is 19.2. The van der Waals surface area contributed by atoms with E-state index in [0.29, 0.717) is 5.56 Å². The third-order valence-electron chi connectivity index (χ3n) is 4.63. The summed E-state index contributed by atoms with van der Waals surface area (Å²) in [6, 6.07) is 4.25. The molecule has 178 valence electrons. The van der Waals surface area contributed by atoms with Crippen molar-refractivity contribution >= 4 is 24.1 Å². The van der Waals surface area contributed by atoms with Gasteiger partial charge in [0.2, 0.25) is 0 Å². The molecule has 0 aromatic heterocycles. The fourth-order valence-electron chi connectivity index (χ4n) is 2.77. The van der Waals surface area contributed by atoms with Crippen molar-refractivity contribution in [2.75, 3.05) is 0 Å². The van der Waals surface area contributed by atoms with Crippen molar-refractivity contribution in [1.29, 1.82) is 0 Å². The Hall–Kier alpha value is -3.14. The molecule has 10 heteroatoms. The van der Waals surface area contributed by atoms with Crippen LogP contribution >= 0.6 is 0 Å². The second-order valence-electron chi connectivity index (χ2n) is 8.06. The maximum atomic E-state index is 11.9. The van der Waals surface area contributed by atoms with E-state index in [1.54, 1.807) is 6.92 Å². The van der Waals surface area contributed by atoms with Crippen molar-refractivity contribution in [3.05, 3.63) is 23.8 Å². The third kappa shape index (κ3) is 8.54. The van der Waals surface area contributed by atoms with Crippen LogP contribution in [0.1, 0.15) is 53.5 Å². The molecule has 0 aliphatic carbocycles. The number of carboxylic acid groups (broad SMARTS) is 1. The van der Waals surface area contributed by atoms with E-state index >= 15 is 0 Å². The zero-order valence-corrected chi connectivity index (χ0v) is 19.2. The summed E-state index contributed by atoms with van der Waals surface area (Å²) in [5.41, 5.74) is 4.75. The first-order chi connectivity index (χ1) is 14.7. The lowest BCUT2D eigenvalue weighted by molar-refractivity contribution is -0.145. The van der Waals surface area contributed by atoms with E-state index in [1.165, 1.54) is 39.0 Å². The van der Waals surface area contributed by atoms with E-state index in [1.807, 2.05) is 13.8 Å². The van der Waals surface area contributed by atoms with E-state index in [0.717, 1.165) is 0 Å². The van der Waals surface area contributed by atoms with Crippen molar-refractivity contribution in [3.63, 3.8) is 0 Å². The van der Waals surface area contributed by atoms with Crippen LogP contribution in [-0.4, -0.2) is 46.9 Å². The van der Waals surface area contributed by atoms with E-state index in [-0.39, 0.29) is 36.4 Å². The zero-order chi connectivity index (χ0) is 24.6.